The minimum atomic E-state index is 0.0324. The molecule has 0 radical (unpaired) electrons. The Kier molecular flexibility index (Phi) is 6.66. The molecule has 0 spiro atoms. The van der Waals surface area contributed by atoms with Crippen molar-refractivity contribution in [1.29, 1.82) is 0 Å². The molecule has 1 N–H and O–H groups in total. The average Bonchev–Trinajstić information content (AvgIpc) is 2.10. The number of hydrogen-bond acceptors (Lipinski definition) is 2. The first-order valence-electron chi connectivity index (χ1n) is 4.98. The molecule has 2 heteroatoms. The fourth-order valence-corrected chi connectivity index (χ4v) is 1.36. The molecule has 2 atom stereocenters. The van der Waals surface area contributed by atoms with Crippen molar-refractivity contribution in [3.63, 3.8) is 0 Å². The van der Waals surface area contributed by atoms with Crippen LogP contribution < -0.4 is 5.32 Å². The van der Waals surface area contributed by atoms with Gasteiger partial charge in [-0.25, -0.2) is 0 Å². The van der Waals surface area contributed by atoms with E-state index in [1.54, 1.807) is 0 Å². The van der Waals surface area contributed by atoms with E-state index >= 15 is 0 Å². The average molecular weight is 183 g/mol. The maximum Gasteiger partial charge on any atom is 0.0955 e. The second-order valence-electron chi connectivity index (χ2n) is 3.37. The van der Waals surface area contributed by atoms with Crippen molar-refractivity contribution in [3.8, 4) is 12.3 Å². The second kappa shape index (κ2) is 6.94. The summed E-state index contributed by atoms with van der Waals surface area (Å²) < 4.78 is 5.60. The third kappa shape index (κ3) is 4.31. The number of hydrogen-bond donors (Lipinski definition) is 1. The second-order valence-corrected chi connectivity index (χ2v) is 3.37. The summed E-state index contributed by atoms with van der Waals surface area (Å²) in [4.78, 5) is 0. The Bertz CT molecular complexity index is 160. The quantitative estimate of drug-likeness (QED) is 0.632. The minimum absolute atomic E-state index is 0.0324. The molecule has 0 heterocycles. The Hall–Kier alpha value is -0.520. The zero-order valence-corrected chi connectivity index (χ0v) is 9.13. The molecule has 0 aromatic heterocycles. The zero-order valence-electron chi connectivity index (χ0n) is 9.13. The van der Waals surface area contributed by atoms with E-state index in [0.717, 1.165) is 6.54 Å². The van der Waals surface area contributed by atoms with Crippen LogP contribution in [-0.4, -0.2) is 25.3 Å². The SMILES string of the molecule is C#CC(NCC)C(OCC)C(C)C. The van der Waals surface area contributed by atoms with Crippen molar-refractivity contribution in [2.24, 2.45) is 5.92 Å². The van der Waals surface area contributed by atoms with Crippen LogP contribution in [-0.2, 0) is 4.74 Å². The lowest BCUT2D eigenvalue weighted by Crippen LogP contribution is -2.43. The molecule has 0 rings (SSSR count). The van der Waals surface area contributed by atoms with Gasteiger partial charge in [-0.15, -0.1) is 6.42 Å². The van der Waals surface area contributed by atoms with Gasteiger partial charge in [-0.1, -0.05) is 26.7 Å². The van der Waals surface area contributed by atoms with Crippen LogP contribution in [0.4, 0.5) is 0 Å². The maximum absolute atomic E-state index is 5.60. The predicted octanol–water partition coefficient (Wildman–Crippen LogP) is 1.66. The molecule has 0 amide bonds. The summed E-state index contributed by atoms with van der Waals surface area (Å²) in [5, 5.41) is 3.24. The molecule has 0 aliphatic carbocycles. The zero-order chi connectivity index (χ0) is 10.3. The van der Waals surface area contributed by atoms with Gasteiger partial charge in [0.1, 0.15) is 0 Å². The Morgan fingerprint density at radius 2 is 2.00 bits per heavy atom. The summed E-state index contributed by atoms with van der Waals surface area (Å²) in [7, 11) is 0. The molecule has 0 aliphatic rings. The van der Waals surface area contributed by atoms with Gasteiger partial charge in [-0.3, -0.25) is 0 Å². The van der Waals surface area contributed by atoms with Crippen LogP contribution in [0.2, 0.25) is 0 Å². The molecule has 2 unspecified atom stereocenters. The fourth-order valence-electron chi connectivity index (χ4n) is 1.36. The first kappa shape index (κ1) is 12.5. The van der Waals surface area contributed by atoms with E-state index in [-0.39, 0.29) is 12.1 Å². The van der Waals surface area contributed by atoms with Gasteiger partial charge < -0.3 is 10.1 Å². The minimum Gasteiger partial charge on any atom is -0.376 e. The van der Waals surface area contributed by atoms with Gasteiger partial charge in [-0.05, 0) is 19.4 Å². The van der Waals surface area contributed by atoms with Gasteiger partial charge in [0.2, 0.25) is 0 Å². The Labute approximate surface area is 82.1 Å². The van der Waals surface area contributed by atoms with Crippen molar-refractivity contribution < 1.29 is 4.74 Å². The summed E-state index contributed by atoms with van der Waals surface area (Å²) in [5.74, 6) is 3.18. The maximum atomic E-state index is 5.60. The van der Waals surface area contributed by atoms with Crippen LogP contribution >= 0.6 is 0 Å². The molecule has 0 aromatic rings. The fraction of sp³-hybridized carbons (Fsp3) is 0.818. The molecule has 0 saturated carbocycles. The highest BCUT2D eigenvalue weighted by Gasteiger charge is 2.22. The van der Waals surface area contributed by atoms with E-state index in [1.165, 1.54) is 0 Å². The van der Waals surface area contributed by atoms with Crippen LogP contribution in [0, 0.1) is 18.3 Å². The van der Waals surface area contributed by atoms with Gasteiger partial charge in [-0.2, -0.15) is 0 Å². The van der Waals surface area contributed by atoms with Crippen LogP contribution in [0.5, 0.6) is 0 Å². The molecule has 0 fully saturated rings. The number of rotatable bonds is 6. The monoisotopic (exact) mass is 183 g/mol. The molecule has 2 nitrogen and oxygen atoms in total. The number of terminal acetylenes is 1. The Morgan fingerprint density at radius 3 is 2.31 bits per heavy atom. The Morgan fingerprint density at radius 1 is 1.38 bits per heavy atom. The number of likely N-dealkylation sites (N-methyl/N-ethyl adjacent to an activating group) is 1. The molecular weight excluding hydrogens is 162 g/mol. The van der Waals surface area contributed by atoms with Gasteiger partial charge in [0.05, 0.1) is 12.1 Å². The molecule has 0 bridgehead atoms. The molecule has 13 heavy (non-hydrogen) atoms. The van der Waals surface area contributed by atoms with E-state index in [1.807, 2.05) is 13.8 Å². The predicted molar refractivity (Wildman–Crippen MR) is 56.5 cm³/mol. The standard InChI is InChI=1S/C11H21NO/c1-6-10(12-7-2)11(9(4)5)13-8-3/h1,9-12H,7-8H2,2-5H3. The topological polar surface area (TPSA) is 21.3 Å². The van der Waals surface area contributed by atoms with Crippen molar-refractivity contribution >= 4 is 0 Å². The largest absolute Gasteiger partial charge is 0.376 e. The molecule has 0 aromatic carbocycles. The summed E-state index contributed by atoms with van der Waals surface area (Å²) >= 11 is 0. The summed E-state index contributed by atoms with van der Waals surface area (Å²) in [6.45, 7) is 9.89. The van der Waals surface area contributed by atoms with E-state index in [4.69, 9.17) is 11.2 Å². The van der Waals surface area contributed by atoms with Gasteiger partial charge in [0.25, 0.3) is 0 Å². The van der Waals surface area contributed by atoms with Crippen LogP contribution in [0.1, 0.15) is 27.7 Å². The molecule has 76 valence electrons. The number of nitrogens with one attached hydrogen (secondary N) is 1. The van der Waals surface area contributed by atoms with Crippen molar-refractivity contribution in [3.05, 3.63) is 0 Å². The lowest BCUT2D eigenvalue weighted by Gasteiger charge is -2.26. The smallest absolute Gasteiger partial charge is 0.0955 e. The highest BCUT2D eigenvalue weighted by molar-refractivity contribution is 5.03. The lowest BCUT2D eigenvalue weighted by molar-refractivity contribution is 0.0169. The van der Waals surface area contributed by atoms with Gasteiger partial charge in [0, 0.05) is 6.61 Å². The summed E-state index contributed by atoms with van der Waals surface area (Å²) in [5.41, 5.74) is 0. The van der Waals surface area contributed by atoms with Crippen molar-refractivity contribution in [2.45, 2.75) is 39.8 Å². The van der Waals surface area contributed by atoms with E-state index in [9.17, 15) is 0 Å². The molecular formula is C11H21NO. The van der Waals surface area contributed by atoms with E-state index < -0.39 is 0 Å². The normalized spacial score (nSPS) is 15.4. The third-order valence-corrected chi connectivity index (χ3v) is 1.95. The van der Waals surface area contributed by atoms with Crippen molar-refractivity contribution in [2.75, 3.05) is 13.2 Å². The van der Waals surface area contributed by atoms with Gasteiger partial charge in [0.15, 0.2) is 0 Å². The first-order valence-corrected chi connectivity index (χ1v) is 4.98. The van der Waals surface area contributed by atoms with Crippen molar-refractivity contribution in [1.82, 2.24) is 5.32 Å². The third-order valence-electron chi connectivity index (χ3n) is 1.95. The highest BCUT2D eigenvalue weighted by atomic mass is 16.5. The summed E-state index contributed by atoms with van der Waals surface area (Å²) in [6.07, 6.45) is 5.56. The van der Waals surface area contributed by atoms with Crippen LogP contribution in [0.15, 0.2) is 0 Å². The first-order chi connectivity index (χ1) is 6.17. The van der Waals surface area contributed by atoms with Crippen LogP contribution in [0.25, 0.3) is 0 Å². The molecule has 0 aliphatic heterocycles. The van der Waals surface area contributed by atoms with E-state index in [0.29, 0.717) is 12.5 Å². The molecule has 0 saturated heterocycles. The summed E-state index contributed by atoms with van der Waals surface area (Å²) in [6, 6.07) is 0.0324. The highest BCUT2D eigenvalue weighted by Crippen LogP contribution is 2.10. The lowest BCUT2D eigenvalue weighted by atomic mass is 10.00. The number of ether oxygens (including phenoxy) is 1. The van der Waals surface area contributed by atoms with Crippen LogP contribution in [0.3, 0.4) is 0 Å². The van der Waals surface area contributed by atoms with Gasteiger partial charge >= 0.3 is 0 Å². The van der Waals surface area contributed by atoms with E-state index in [2.05, 4.69) is 25.1 Å². The Balaban J connectivity index is 4.22.